The van der Waals surface area contributed by atoms with Crippen LogP contribution in [0.5, 0.6) is 0 Å². The van der Waals surface area contributed by atoms with Crippen LogP contribution in [0.25, 0.3) is 11.3 Å². The molecule has 0 saturated carbocycles. The minimum Gasteiger partial charge on any atom is -0.461 e. The molecule has 0 aliphatic carbocycles. The third-order valence-corrected chi connectivity index (χ3v) is 4.40. The summed E-state index contributed by atoms with van der Waals surface area (Å²) in [6.07, 6.45) is 0.638. The molecule has 0 atom stereocenters. The van der Waals surface area contributed by atoms with E-state index in [0.717, 1.165) is 22.6 Å². The normalized spacial score (nSPS) is 13.6. The van der Waals surface area contributed by atoms with E-state index in [0.29, 0.717) is 30.8 Å². The van der Waals surface area contributed by atoms with Gasteiger partial charge in [-0.15, -0.1) is 0 Å². The van der Waals surface area contributed by atoms with E-state index in [2.05, 4.69) is 0 Å². The lowest BCUT2D eigenvalue weighted by Gasteiger charge is -2.26. The van der Waals surface area contributed by atoms with E-state index in [1.165, 1.54) is 12.1 Å². The van der Waals surface area contributed by atoms with Crippen molar-refractivity contribution >= 4 is 11.6 Å². The predicted octanol–water partition coefficient (Wildman–Crippen LogP) is 3.87. The molecule has 5 heteroatoms. The highest BCUT2D eigenvalue weighted by molar-refractivity contribution is 5.94. The highest BCUT2D eigenvalue weighted by Gasteiger charge is 2.25. The number of halogens is 1. The first kappa shape index (κ1) is 15.4. The van der Waals surface area contributed by atoms with Crippen LogP contribution in [0.3, 0.4) is 0 Å². The Morgan fingerprint density at radius 2 is 1.96 bits per heavy atom. The van der Waals surface area contributed by atoms with E-state index < -0.39 is 5.82 Å². The Bertz CT molecular complexity index is 948. The first-order valence-corrected chi connectivity index (χ1v) is 8.12. The van der Waals surface area contributed by atoms with E-state index >= 15 is 0 Å². The number of benzene rings is 2. The Morgan fingerprint density at radius 3 is 2.76 bits per heavy atom. The van der Waals surface area contributed by atoms with Crippen LogP contribution in [-0.4, -0.2) is 17.4 Å². The molecule has 1 amide bonds. The average molecular weight is 336 g/mol. The quantitative estimate of drug-likeness (QED) is 0.723. The molecule has 1 aliphatic heterocycles. The standard InChI is InChI=1S/C20H17FN2O2/c21-16-5-1-4-14(9-16)20(24)23-8-7-18-15(12-23)11-19(25-18)13-3-2-6-17(22)10-13/h1-6,9-11H,7-8,12,22H2. The number of hydrogen-bond donors (Lipinski definition) is 1. The van der Waals surface area contributed by atoms with Gasteiger partial charge in [0.15, 0.2) is 0 Å². The molecule has 2 N–H and O–H groups in total. The number of nitrogens with zero attached hydrogens (tertiary/aromatic N) is 1. The molecule has 0 spiro atoms. The van der Waals surface area contributed by atoms with Gasteiger partial charge in [-0.05, 0) is 36.4 Å². The van der Waals surface area contributed by atoms with E-state index in [9.17, 15) is 9.18 Å². The first-order chi connectivity index (χ1) is 12.1. The highest BCUT2D eigenvalue weighted by atomic mass is 19.1. The van der Waals surface area contributed by atoms with Crippen molar-refractivity contribution in [1.82, 2.24) is 4.90 Å². The van der Waals surface area contributed by atoms with Gasteiger partial charge in [-0.2, -0.15) is 0 Å². The fourth-order valence-corrected chi connectivity index (χ4v) is 3.14. The minimum atomic E-state index is -0.407. The topological polar surface area (TPSA) is 59.5 Å². The molecule has 0 fully saturated rings. The molecular formula is C20H17FN2O2. The fourth-order valence-electron chi connectivity index (χ4n) is 3.14. The van der Waals surface area contributed by atoms with Gasteiger partial charge in [0.05, 0.1) is 0 Å². The lowest BCUT2D eigenvalue weighted by Crippen LogP contribution is -2.35. The number of nitrogen functional groups attached to an aromatic ring is 1. The summed E-state index contributed by atoms with van der Waals surface area (Å²) in [7, 11) is 0. The van der Waals surface area contributed by atoms with Crippen molar-refractivity contribution in [3.05, 3.63) is 77.3 Å². The monoisotopic (exact) mass is 336 g/mol. The molecule has 126 valence electrons. The minimum absolute atomic E-state index is 0.170. The van der Waals surface area contributed by atoms with Crippen LogP contribution < -0.4 is 5.73 Å². The molecule has 0 saturated heterocycles. The third kappa shape index (κ3) is 3.01. The van der Waals surface area contributed by atoms with Gasteiger partial charge >= 0.3 is 0 Å². The second kappa shape index (κ2) is 6.09. The van der Waals surface area contributed by atoms with Crippen LogP contribution in [-0.2, 0) is 13.0 Å². The van der Waals surface area contributed by atoms with Gasteiger partial charge in [0.1, 0.15) is 17.3 Å². The van der Waals surface area contributed by atoms with E-state index in [1.807, 2.05) is 30.3 Å². The SMILES string of the molecule is Nc1cccc(-c2cc3c(o2)CCN(C(=O)c2cccc(F)c2)C3)c1. The lowest BCUT2D eigenvalue weighted by molar-refractivity contribution is 0.0729. The zero-order chi connectivity index (χ0) is 17.4. The van der Waals surface area contributed by atoms with Gasteiger partial charge in [-0.25, -0.2) is 4.39 Å². The summed E-state index contributed by atoms with van der Waals surface area (Å²) in [5, 5.41) is 0. The molecule has 0 bridgehead atoms. The molecule has 3 aromatic rings. The molecule has 25 heavy (non-hydrogen) atoms. The number of hydrogen-bond acceptors (Lipinski definition) is 3. The van der Waals surface area contributed by atoms with Crippen molar-refractivity contribution in [2.75, 3.05) is 12.3 Å². The first-order valence-electron chi connectivity index (χ1n) is 8.12. The van der Waals surface area contributed by atoms with Gasteiger partial charge in [0.25, 0.3) is 5.91 Å². The molecule has 4 nitrogen and oxygen atoms in total. The maximum atomic E-state index is 13.4. The molecule has 2 heterocycles. The van der Waals surface area contributed by atoms with Gasteiger partial charge in [-0.1, -0.05) is 18.2 Å². The zero-order valence-corrected chi connectivity index (χ0v) is 13.5. The van der Waals surface area contributed by atoms with Crippen molar-refractivity contribution in [2.24, 2.45) is 0 Å². The Morgan fingerprint density at radius 1 is 1.12 bits per heavy atom. The summed E-state index contributed by atoms with van der Waals surface area (Å²) in [6, 6.07) is 15.2. The Labute approximate surface area is 144 Å². The van der Waals surface area contributed by atoms with Crippen LogP contribution in [0.2, 0.25) is 0 Å². The summed E-state index contributed by atoms with van der Waals surface area (Å²) in [5.74, 6) is 1.06. The number of nitrogens with two attached hydrogens (primary N) is 1. The van der Waals surface area contributed by atoms with Gasteiger partial charge in [-0.3, -0.25) is 4.79 Å². The second-order valence-electron chi connectivity index (χ2n) is 6.17. The van der Waals surface area contributed by atoms with Crippen LogP contribution in [0, 0.1) is 5.82 Å². The highest BCUT2D eigenvalue weighted by Crippen LogP contribution is 2.30. The van der Waals surface area contributed by atoms with Crippen molar-refractivity contribution < 1.29 is 13.6 Å². The average Bonchev–Trinajstić information content (AvgIpc) is 3.04. The fraction of sp³-hybridized carbons (Fsp3) is 0.150. The summed E-state index contributed by atoms with van der Waals surface area (Å²) < 4.78 is 19.3. The van der Waals surface area contributed by atoms with Crippen LogP contribution in [0.15, 0.2) is 59.0 Å². The van der Waals surface area contributed by atoms with Gasteiger partial charge < -0.3 is 15.1 Å². The number of furan rings is 1. The summed E-state index contributed by atoms with van der Waals surface area (Å²) in [6.45, 7) is 1.00. The summed E-state index contributed by atoms with van der Waals surface area (Å²) in [5.41, 5.74) is 8.77. The predicted molar refractivity (Wildman–Crippen MR) is 93.4 cm³/mol. The van der Waals surface area contributed by atoms with E-state index in [1.54, 1.807) is 17.0 Å². The van der Waals surface area contributed by atoms with E-state index in [4.69, 9.17) is 10.2 Å². The van der Waals surface area contributed by atoms with Crippen molar-refractivity contribution in [2.45, 2.75) is 13.0 Å². The second-order valence-corrected chi connectivity index (χ2v) is 6.17. The molecule has 1 aliphatic rings. The Hall–Kier alpha value is -3.08. The molecular weight excluding hydrogens is 319 g/mol. The maximum absolute atomic E-state index is 13.4. The number of amides is 1. The lowest BCUT2D eigenvalue weighted by atomic mass is 10.1. The number of rotatable bonds is 2. The van der Waals surface area contributed by atoms with Gasteiger partial charge in [0.2, 0.25) is 0 Å². The van der Waals surface area contributed by atoms with Crippen LogP contribution in [0.4, 0.5) is 10.1 Å². The Kier molecular flexibility index (Phi) is 3.76. The zero-order valence-electron chi connectivity index (χ0n) is 13.5. The summed E-state index contributed by atoms with van der Waals surface area (Å²) in [4.78, 5) is 14.3. The molecule has 1 aromatic heterocycles. The molecule has 0 unspecified atom stereocenters. The maximum Gasteiger partial charge on any atom is 0.254 e. The van der Waals surface area contributed by atoms with Crippen LogP contribution >= 0.6 is 0 Å². The number of carbonyl (C=O) groups is 1. The number of anilines is 1. The number of carbonyl (C=O) groups excluding carboxylic acids is 1. The summed E-state index contributed by atoms with van der Waals surface area (Å²) >= 11 is 0. The van der Waals surface area contributed by atoms with Crippen LogP contribution in [0.1, 0.15) is 21.7 Å². The molecule has 0 radical (unpaired) electrons. The molecule has 4 rings (SSSR count). The van der Waals surface area contributed by atoms with Crippen molar-refractivity contribution in [1.29, 1.82) is 0 Å². The molecule has 2 aromatic carbocycles. The third-order valence-electron chi connectivity index (χ3n) is 4.40. The van der Waals surface area contributed by atoms with Crippen molar-refractivity contribution in [3.8, 4) is 11.3 Å². The van der Waals surface area contributed by atoms with Gasteiger partial charge in [0, 0.05) is 41.9 Å². The number of fused-ring (bicyclic) bond motifs is 1. The van der Waals surface area contributed by atoms with Crippen molar-refractivity contribution in [3.63, 3.8) is 0 Å². The Balaban J connectivity index is 1.58. The smallest absolute Gasteiger partial charge is 0.254 e. The van der Waals surface area contributed by atoms with E-state index in [-0.39, 0.29) is 5.91 Å². The largest absolute Gasteiger partial charge is 0.461 e.